The van der Waals surface area contributed by atoms with E-state index in [4.69, 9.17) is 18.9 Å². The van der Waals surface area contributed by atoms with Crippen LogP contribution >= 0.6 is 0 Å². The van der Waals surface area contributed by atoms with E-state index in [-0.39, 0.29) is 52.6 Å². The summed E-state index contributed by atoms with van der Waals surface area (Å²) in [5.74, 6) is -1.15. The van der Waals surface area contributed by atoms with Crippen molar-refractivity contribution in [1.82, 2.24) is 14.5 Å². The Morgan fingerprint density at radius 2 is 1.41 bits per heavy atom. The number of carbonyl (C=O) groups excluding carboxylic acids is 2. The molecule has 1 aromatic heterocycles. The summed E-state index contributed by atoms with van der Waals surface area (Å²) in [6.45, 7) is 4.03. The van der Waals surface area contributed by atoms with Crippen LogP contribution in [0.3, 0.4) is 0 Å². The molecule has 12 heteroatoms. The standard InChI is InChI=1S/C15H21N3O9/c1-2-11(19)26-9-7-24-5-6-25-8-10-27-12(20)3-4-18-14(22)16-13(21)17-15(18)23/h2H,1,3-10H2,(H2,16,17,21,22,23). The van der Waals surface area contributed by atoms with Gasteiger partial charge in [-0.3, -0.25) is 14.8 Å². The van der Waals surface area contributed by atoms with E-state index in [1.54, 1.807) is 0 Å². The van der Waals surface area contributed by atoms with Gasteiger partial charge in [0.05, 0.1) is 32.8 Å². The lowest BCUT2D eigenvalue weighted by Crippen LogP contribution is -2.43. The van der Waals surface area contributed by atoms with Gasteiger partial charge in [0, 0.05) is 12.6 Å². The Labute approximate surface area is 152 Å². The number of ether oxygens (including phenoxy) is 4. The molecule has 0 radical (unpaired) electrons. The molecule has 0 aliphatic rings. The van der Waals surface area contributed by atoms with Crippen molar-refractivity contribution in [2.24, 2.45) is 0 Å². The maximum atomic E-state index is 11.5. The normalized spacial score (nSPS) is 10.4. The van der Waals surface area contributed by atoms with Crippen LogP contribution in [-0.2, 0) is 35.1 Å². The predicted octanol–water partition coefficient (Wildman–Crippen LogP) is -2.08. The maximum Gasteiger partial charge on any atom is 0.333 e. The quantitative estimate of drug-likeness (QED) is 0.220. The zero-order valence-corrected chi connectivity index (χ0v) is 14.6. The van der Waals surface area contributed by atoms with Crippen LogP contribution in [0.2, 0.25) is 0 Å². The maximum absolute atomic E-state index is 11.5. The third kappa shape index (κ3) is 9.32. The second-order valence-electron chi connectivity index (χ2n) is 4.91. The number of aromatic amines is 2. The summed E-state index contributed by atoms with van der Waals surface area (Å²) in [6, 6.07) is 0. The molecule has 2 N–H and O–H groups in total. The van der Waals surface area contributed by atoms with Crippen molar-refractivity contribution >= 4 is 11.9 Å². The third-order valence-corrected chi connectivity index (χ3v) is 2.97. The molecular weight excluding hydrogens is 366 g/mol. The van der Waals surface area contributed by atoms with Crippen LogP contribution in [0.4, 0.5) is 0 Å². The molecule has 27 heavy (non-hydrogen) atoms. The van der Waals surface area contributed by atoms with Gasteiger partial charge in [-0.2, -0.15) is 0 Å². The Bertz CT molecular complexity index is 758. The summed E-state index contributed by atoms with van der Waals surface area (Å²) in [4.78, 5) is 59.8. The average molecular weight is 387 g/mol. The number of carbonyl (C=O) groups is 2. The molecule has 0 aromatic carbocycles. The van der Waals surface area contributed by atoms with E-state index in [2.05, 4.69) is 6.58 Å². The van der Waals surface area contributed by atoms with Crippen molar-refractivity contribution in [3.63, 3.8) is 0 Å². The summed E-state index contributed by atoms with van der Waals surface area (Å²) in [5, 5.41) is 0. The average Bonchev–Trinajstić information content (AvgIpc) is 2.62. The van der Waals surface area contributed by atoms with E-state index in [0.717, 1.165) is 6.08 Å². The van der Waals surface area contributed by atoms with Crippen LogP contribution in [-0.4, -0.2) is 66.1 Å². The summed E-state index contributed by atoms with van der Waals surface area (Å²) >= 11 is 0. The first-order valence-corrected chi connectivity index (χ1v) is 7.97. The lowest BCUT2D eigenvalue weighted by atomic mass is 10.4. The first-order chi connectivity index (χ1) is 12.9. The first-order valence-electron chi connectivity index (χ1n) is 7.97. The predicted molar refractivity (Wildman–Crippen MR) is 90.3 cm³/mol. The largest absolute Gasteiger partial charge is 0.463 e. The van der Waals surface area contributed by atoms with Crippen LogP contribution < -0.4 is 17.1 Å². The van der Waals surface area contributed by atoms with E-state index in [9.17, 15) is 24.0 Å². The number of nitrogens with one attached hydrogen (secondary N) is 2. The number of hydrogen-bond donors (Lipinski definition) is 2. The van der Waals surface area contributed by atoms with Crippen molar-refractivity contribution in [1.29, 1.82) is 0 Å². The van der Waals surface area contributed by atoms with Gasteiger partial charge in [-0.15, -0.1) is 0 Å². The Kier molecular flexibility index (Phi) is 10.1. The van der Waals surface area contributed by atoms with E-state index < -0.39 is 29.0 Å². The second-order valence-corrected chi connectivity index (χ2v) is 4.91. The highest BCUT2D eigenvalue weighted by atomic mass is 16.6. The number of rotatable bonds is 13. The van der Waals surface area contributed by atoms with E-state index in [1.165, 1.54) is 0 Å². The Morgan fingerprint density at radius 3 is 1.96 bits per heavy atom. The molecule has 0 amide bonds. The molecule has 0 unspecified atom stereocenters. The van der Waals surface area contributed by atoms with Crippen LogP contribution in [0.25, 0.3) is 0 Å². The number of hydrogen-bond acceptors (Lipinski definition) is 9. The Balaban J connectivity index is 2.06. The minimum Gasteiger partial charge on any atom is -0.463 e. The van der Waals surface area contributed by atoms with Crippen molar-refractivity contribution in [2.45, 2.75) is 13.0 Å². The molecule has 0 saturated carbocycles. The van der Waals surface area contributed by atoms with E-state index >= 15 is 0 Å². The minimum atomic E-state index is -0.914. The van der Waals surface area contributed by atoms with E-state index in [1.807, 2.05) is 9.97 Å². The molecule has 0 saturated heterocycles. The highest BCUT2D eigenvalue weighted by Gasteiger charge is 2.07. The second kappa shape index (κ2) is 12.4. The van der Waals surface area contributed by atoms with E-state index in [0.29, 0.717) is 4.57 Å². The number of H-pyrrole nitrogens is 2. The van der Waals surface area contributed by atoms with Crippen LogP contribution in [0.1, 0.15) is 6.42 Å². The van der Waals surface area contributed by atoms with Gasteiger partial charge in [-0.1, -0.05) is 6.58 Å². The lowest BCUT2D eigenvalue weighted by molar-refractivity contribution is -0.146. The fourth-order valence-corrected chi connectivity index (χ4v) is 1.73. The number of nitrogens with zero attached hydrogens (tertiary/aromatic N) is 1. The highest BCUT2D eigenvalue weighted by Crippen LogP contribution is 1.89. The number of esters is 2. The topological polar surface area (TPSA) is 159 Å². The monoisotopic (exact) mass is 387 g/mol. The van der Waals surface area contributed by atoms with Gasteiger partial charge in [-0.25, -0.2) is 23.7 Å². The molecule has 0 fully saturated rings. The van der Waals surface area contributed by atoms with Gasteiger partial charge in [-0.05, 0) is 0 Å². The Hall–Kier alpha value is -2.99. The molecule has 0 aliphatic carbocycles. The third-order valence-electron chi connectivity index (χ3n) is 2.97. The van der Waals surface area contributed by atoms with Crippen molar-refractivity contribution < 1.29 is 28.5 Å². The molecule has 1 aromatic rings. The fourth-order valence-electron chi connectivity index (χ4n) is 1.73. The van der Waals surface area contributed by atoms with Gasteiger partial charge < -0.3 is 18.9 Å². The smallest absolute Gasteiger partial charge is 0.333 e. The van der Waals surface area contributed by atoms with Gasteiger partial charge in [0.1, 0.15) is 13.2 Å². The first kappa shape index (κ1) is 22.1. The molecule has 1 heterocycles. The number of aromatic nitrogens is 3. The summed E-state index contributed by atoms with van der Waals surface area (Å²) in [6.07, 6.45) is 0.836. The summed E-state index contributed by atoms with van der Waals surface area (Å²) in [5.41, 5.74) is -2.72. The molecule has 0 atom stereocenters. The molecule has 150 valence electrons. The van der Waals surface area contributed by atoms with Crippen molar-refractivity contribution in [3.05, 3.63) is 44.1 Å². The van der Waals surface area contributed by atoms with Crippen LogP contribution in [0, 0.1) is 0 Å². The molecule has 0 aliphatic heterocycles. The van der Waals surface area contributed by atoms with Gasteiger partial charge in [0.2, 0.25) is 0 Å². The highest BCUT2D eigenvalue weighted by molar-refractivity contribution is 5.81. The molecule has 12 nitrogen and oxygen atoms in total. The summed E-state index contributed by atoms with van der Waals surface area (Å²) in [7, 11) is 0. The molecule has 0 spiro atoms. The van der Waals surface area contributed by atoms with Crippen molar-refractivity contribution in [2.75, 3.05) is 39.6 Å². The Morgan fingerprint density at radius 1 is 0.889 bits per heavy atom. The zero-order valence-electron chi connectivity index (χ0n) is 14.6. The fraction of sp³-hybridized carbons (Fsp3) is 0.533. The summed E-state index contributed by atoms with van der Waals surface area (Å²) < 4.78 is 20.6. The SMILES string of the molecule is C=CC(=O)OCCOCCOCCOC(=O)CCn1c(=O)[nH]c(=O)[nH]c1=O. The van der Waals surface area contributed by atoms with Gasteiger partial charge in [0.15, 0.2) is 0 Å². The van der Waals surface area contributed by atoms with Crippen LogP contribution in [0.5, 0.6) is 0 Å². The van der Waals surface area contributed by atoms with Crippen LogP contribution in [0.15, 0.2) is 27.0 Å². The van der Waals surface area contributed by atoms with Gasteiger partial charge >= 0.3 is 29.0 Å². The zero-order chi connectivity index (χ0) is 20.1. The molecule has 0 bridgehead atoms. The minimum absolute atomic E-state index is 0.00728. The van der Waals surface area contributed by atoms with Gasteiger partial charge in [0.25, 0.3) is 0 Å². The molecular formula is C15H21N3O9. The lowest BCUT2D eigenvalue weighted by Gasteiger charge is -2.07. The molecule has 1 rings (SSSR count). The van der Waals surface area contributed by atoms with Crippen molar-refractivity contribution in [3.8, 4) is 0 Å².